The van der Waals surface area contributed by atoms with E-state index < -0.39 is 0 Å². The summed E-state index contributed by atoms with van der Waals surface area (Å²) in [6.07, 6.45) is 1.13. The molecule has 0 atom stereocenters. The predicted octanol–water partition coefficient (Wildman–Crippen LogP) is 5.25. The summed E-state index contributed by atoms with van der Waals surface area (Å²) >= 11 is 6.33. The highest BCUT2D eigenvalue weighted by molar-refractivity contribution is 6.32. The molecule has 0 bridgehead atoms. The van der Waals surface area contributed by atoms with E-state index in [-0.39, 0.29) is 0 Å². The molecule has 2 aromatic carbocycles. The molecule has 0 radical (unpaired) electrons. The van der Waals surface area contributed by atoms with Gasteiger partial charge in [0, 0.05) is 6.54 Å². The Balaban J connectivity index is 2.12. The van der Waals surface area contributed by atoms with Gasteiger partial charge in [-0.25, -0.2) is 0 Å². The molecule has 112 valence electrons. The number of ether oxygens (including phenoxy) is 1. The number of rotatable bonds is 6. The van der Waals surface area contributed by atoms with Crippen molar-refractivity contribution in [3.8, 4) is 11.5 Å². The third kappa shape index (κ3) is 4.48. The number of nitrogens with one attached hydrogen (secondary N) is 1. The van der Waals surface area contributed by atoms with Crippen LogP contribution in [0.15, 0.2) is 36.4 Å². The molecule has 1 N–H and O–H groups in total. The van der Waals surface area contributed by atoms with Crippen LogP contribution in [-0.2, 0) is 6.54 Å². The fourth-order valence-electron chi connectivity index (χ4n) is 2.08. The summed E-state index contributed by atoms with van der Waals surface area (Å²) in [6, 6.07) is 12.1. The van der Waals surface area contributed by atoms with E-state index >= 15 is 0 Å². The van der Waals surface area contributed by atoms with Crippen LogP contribution in [0.25, 0.3) is 0 Å². The molecule has 0 spiro atoms. The minimum atomic E-state index is 0.645. The van der Waals surface area contributed by atoms with Crippen LogP contribution in [-0.4, -0.2) is 6.54 Å². The van der Waals surface area contributed by atoms with Crippen LogP contribution in [0.1, 0.15) is 30.0 Å². The molecule has 0 saturated heterocycles. The lowest BCUT2D eigenvalue weighted by atomic mass is 10.1. The van der Waals surface area contributed by atoms with E-state index in [0.29, 0.717) is 10.8 Å². The van der Waals surface area contributed by atoms with E-state index in [4.69, 9.17) is 16.3 Å². The zero-order valence-electron chi connectivity index (χ0n) is 12.9. The summed E-state index contributed by atoms with van der Waals surface area (Å²) < 4.78 is 5.95. The van der Waals surface area contributed by atoms with Crippen molar-refractivity contribution in [3.63, 3.8) is 0 Å². The van der Waals surface area contributed by atoms with Crippen LogP contribution in [0.5, 0.6) is 11.5 Å². The van der Waals surface area contributed by atoms with Gasteiger partial charge in [-0.3, -0.25) is 0 Å². The van der Waals surface area contributed by atoms with Crippen molar-refractivity contribution in [1.82, 2.24) is 5.32 Å². The molecule has 0 aliphatic carbocycles. The third-order valence-electron chi connectivity index (χ3n) is 3.32. The number of hydrogen-bond donors (Lipinski definition) is 1. The van der Waals surface area contributed by atoms with Crippen molar-refractivity contribution in [2.45, 2.75) is 33.7 Å². The minimum absolute atomic E-state index is 0.645. The van der Waals surface area contributed by atoms with Gasteiger partial charge in [-0.15, -0.1) is 0 Å². The van der Waals surface area contributed by atoms with Gasteiger partial charge in [-0.05, 0) is 61.7 Å². The van der Waals surface area contributed by atoms with Gasteiger partial charge in [0.15, 0.2) is 0 Å². The highest BCUT2D eigenvalue weighted by Crippen LogP contribution is 2.32. The van der Waals surface area contributed by atoms with E-state index in [1.54, 1.807) is 0 Å². The molecule has 0 aromatic heterocycles. The smallest absolute Gasteiger partial charge is 0.146 e. The van der Waals surface area contributed by atoms with Crippen molar-refractivity contribution in [1.29, 1.82) is 0 Å². The van der Waals surface area contributed by atoms with E-state index in [9.17, 15) is 0 Å². The van der Waals surface area contributed by atoms with Crippen LogP contribution < -0.4 is 10.1 Å². The summed E-state index contributed by atoms with van der Waals surface area (Å²) in [6.45, 7) is 8.08. The Hall–Kier alpha value is -1.51. The van der Waals surface area contributed by atoms with Crippen LogP contribution in [0.4, 0.5) is 0 Å². The fraction of sp³-hybridized carbons (Fsp3) is 0.333. The maximum atomic E-state index is 6.33. The molecule has 21 heavy (non-hydrogen) atoms. The van der Waals surface area contributed by atoms with Gasteiger partial charge in [-0.1, -0.05) is 36.7 Å². The molecule has 2 rings (SSSR count). The van der Waals surface area contributed by atoms with Crippen molar-refractivity contribution in [2.75, 3.05) is 6.54 Å². The largest absolute Gasteiger partial charge is 0.456 e. The second-order valence-electron chi connectivity index (χ2n) is 5.31. The lowest BCUT2D eigenvalue weighted by molar-refractivity contribution is 0.478. The molecule has 3 heteroatoms. The van der Waals surface area contributed by atoms with Gasteiger partial charge < -0.3 is 10.1 Å². The highest BCUT2D eigenvalue weighted by atomic mass is 35.5. The Morgan fingerprint density at radius 2 is 1.86 bits per heavy atom. The summed E-state index contributed by atoms with van der Waals surface area (Å²) in [5.41, 5.74) is 3.44. The molecule has 0 aliphatic rings. The first kappa shape index (κ1) is 15.9. The zero-order chi connectivity index (χ0) is 15.2. The van der Waals surface area contributed by atoms with E-state index in [1.165, 1.54) is 11.1 Å². The highest BCUT2D eigenvalue weighted by Gasteiger charge is 2.07. The lowest BCUT2D eigenvalue weighted by Gasteiger charge is -2.12. The number of halogens is 1. The number of hydrogen-bond acceptors (Lipinski definition) is 2. The maximum absolute atomic E-state index is 6.33. The molecule has 0 aliphatic heterocycles. The van der Waals surface area contributed by atoms with Crippen molar-refractivity contribution in [2.24, 2.45) is 0 Å². The SMILES string of the molecule is CCCNCc1ccc(Oc2cc(C)ccc2C)c(Cl)c1. The maximum Gasteiger partial charge on any atom is 0.146 e. The Bertz CT molecular complexity index is 610. The Kier molecular flexibility index (Phi) is 5.66. The Morgan fingerprint density at radius 3 is 2.57 bits per heavy atom. The van der Waals surface area contributed by atoms with Crippen molar-refractivity contribution >= 4 is 11.6 Å². The van der Waals surface area contributed by atoms with Crippen LogP contribution in [0.2, 0.25) is 5.02 Å². The molecule has 0 heterocycles. The molecule has 0 amide bonds. The van der Waals surface area contributed by atoms with E-state index in [1.807, 2.05) is 25.1 Å². The Labute approximate surface area is 132 Å². The molecule has 0 fully saturated rings. The fourth-order valence-corrected chi connectivity index (χ4v) is 2.32. The van der Waals surface area contributed by atoms with Crippen LogP contribution in [0, 0.1) is 13.8 Å². The minimum Gasteiger partial charge on any atom is -0.456 e. The zero-order valence-corrected chi connectivity index (χ0v) is 13.6. The Morgan fingerprint density at radius 1 is 1.05 bits per heavy atom. The van der Waals surface area contributed by atoms with Gasteiger partial charge in [0.1, 0.15) is 11.5 Å². The molecule has 0 unspecified atom stereocenters. The lowest BCUT2D eigenvalue weighted by Crippen LogP contribution is -2.13. The average Bonchev–Trinajstić information content (AvgIpc) is 2.46. The average molecular weight is 304 g/mol. The first-order valence-corrected chi connectivity index (χ1v) is 7.72. The van der Waals surface area contributed by atoms with Gasteiger partial charge >= 0.3 is 0 Å². The van der Waals surface area contributed by atoms with Gasteiger partial charge in [-0.2, -0.15) is 0 Å². The van der Waals surface area contributed by atoms with Gasteiger partial charge in [0.05, 0.1) is 5.02 Å². The first-order valence-electron chi connectivity index (χ1n) is 7.34. The second kappa shape index (κ2) is 7.48. The summed E-state index contributed by atoms with van der Waals surface area (Å²) in [5.74, 6) is 1.55. The number of benzene rings is 2. The van der Waals surface area contributed by atoms with Gasteiger partial charge in [0.2, 0.25) is 0 Å². The van der Waals surface area contributed by atoms with Crippen molar-refractivity contribution in [3.05, 3.63) is 58.1 Å². The quantitative estimate of drug-likeness (QED) is 0.736. The van der Waals surface area contributed by atoms with E-state index in [0.717, 1.165) is 30.8 Å². The first-order chi connectivity index (χ1) is 10.1. The third-order valence-corrected chi connectivity index (χ3v) is 3.61. The normalized spacial score (nSPS) is 10.7. The molecule has 2 aromatic rings. The standard InChI is InChI=1S/C18H22ClNO/c1-4-9-20-12-15-7-8-17(16(19)11-15)21-18-10-13(2)5-6-14(18)3/h5-8,10-11,20H,4,9,12H2,1-3H3. The molecule has 0 saturated carbocycles. The molecule has 2 nitrogen and oxygen atoms in total. The number of aryl methyl sites for hydroxylation is 2. The molecular weight excluding hydrogens is 282 g/mol. The predicted molar refractivity (Wildman–Crippen MR) is 89.4 cm³/mol. The molecular formula is C18H22ClNO. The van der Waals surface area contributed by atoms with Crippen LogP contribution in [0.3, 0.4) is 0 Å². The monoisotopic (exact) mass is 303 g/mol. The summed E-state index contributed by atoms with van der Waals surface area (Å²) in [4.78, 5) is 0. The van der Waals surface area contributed by atoms with Gasteiger partial charge in [0.25, 0.3) is 0 Å². The van der Waals surface area contributed by atoms with E-state index in [2.05, 4.69) is 37.4 Å². The summed E-state index contributed by atoms with van der Waals surface area (Å²) in [5, 5.41) is 4.01. The van der Waals surface area contributed by atoms with Crippen LogP contribution >= 0.6 is 11.6 Å². The second-order valence-corrected chi connectivity index (χ2v) is 5.72. The van der Waals surface area contributed by atoms with Crippen molar-refractivity contribution < 1.29 is 4.74 Å². The topological polar surface area (TPSA) is 21.3 Å². The summed E-state index contributed by atoms with van der Waals surface area (Å²) in [7, 11) is 0.